The third-order valence-corrected chi connectivity index (χ3v) is 4.56. The summed E-state index contributed by atoms with van der Waals surface area (Å²) >= 11 is 1.39. The summed E-state index contributed by atoms with van der Waals surface area (Å²) in [5.74, 6) is 1.07. The zero-order valence-corrected chi connectivity index (χ0v) is 14.6. The molecule has 2 heterocycles. The molecule has 0 aliphatic rings. The number of nitrogens with zero attached hydrogens (tertiary/aromatic N) is 4. The average Bonchev–Trinajstić information content (AvgIpc) is 2.93. The van der Waals surface area contributed by atoms with Crippen molar-refractivity contribution < 1.29 is 14.1 Å². The zero-order chi connectivity index (χ0) is 17.8. The van der Waals surface area contributed by atoms with Crippen LogP contribution in [0, 0.1) is 13.8 Å². The Kier molecular flexibility index (Phi) is 5.13. The summed E-state index contributed by atoms with van der Waals surface area (Å²) in [7, 11) is 0. The van der Waals surface area contributed by atoms with Gasteiger partial charge in [-0.25, -0.2) is 0 Å². The van der Waals surface area contributed by atoms with Crippen LogP contribution in [0.1, 0.15) is 17.0 Å². The lowest BCUT2D eigenvalue weighted by Gasteiger charge is -2.06. The Morgan fingerprint density at radius 1 is 1.32 bits per heavy atom. The van der Waals surface area contributed by atoms with E-state index in [0.29, 0.717) is 16.7 Å². The first-order chi connectivity index (χ1) is 12.1. The molecule has 0 spiro atoms. The van der Waals surface area contributed by atoms with Gasteiger partial charge in [0.05, 0.1) is 16.8 Å². The van der Waals surface area contributed by atoms with E-state index in [4.69, 9.17) is 9.26 Å². The van der Waals surface area contributed by atoms with Crippen LogP contribution in [0.5, 0.6) is 0 Å². The molecule has 0 atom stereocenters. The van der Waals surface area contributed by atoms with Crippen LogP contribution in [0.2, 0.25) is 0 Å². The van der Waals surface area contributed by atoms with Gasteiger partial charge >= 0.3 is 5.97 Å². The van der Waals surface area contributed by atoms with Crippen molar-refractivity contribution in [2.24, 2.45) is 0 Å². The molecule has 0 fully saturated rings. The van der Waals surface area contributed by atoms with Gasteiger partial charge in [-0.2, -0.15) is 4.68 Å². The number of carbonyl (C=O) groups is 1. The van der Waals surface area contributed by atoms with Crippen molar-refractivity contribution in [3.63, 3.8) is 0 Å². The molecule has 130 valence electrons. The van der Waals surface area contributed by atoms with Gasteiger partial charge in [-0.3, -0.25) is 9.59 Å². The van der Waals surface area contributed by atoms with Gasteiger partial charge in [-0.1, -0.05) is 22.5 Å². The van der Waals surface area contributed by atoms with Crippen molar-refractivity contribution in [1.82, 2.24) is 20.2 Å². The van der Waals surface area contributed by atoms with Crippen molar-refractivity contribution in [3.05, 3.63) is 51.6 Å². The number of benzene rings is 1. The van der Waals surface area contributed by atoms with E-state index in [0.717, 1.165) is 21.7 Å². The Balaban J connectivity index is 1.54. The first kappa shape index (κ1) is 17.2. The number of hydrogen-bond acceptors (Lipinski definition) is 8. The van der Waals surface area contributed by atoms with Crippen molar-refractivity contribution in [1.29, 1.82) is 0 Å². The van der Waals surface area contributed by atoms with E-state index in [-0.39, 0.29) is 18.0 Å². The number of hydrogen-bond donors (Lipinski definition) is 0. The maximum atomic E-state index is 12.2. The molecule has 1 aromatic carbocycles. The quantitative estimate of drug-likeness (QED) is 0.614. The molecule has 0 amide bonds. The number of rotatable bonds is 6. The highest BCUT2D eigenvalue weighted by atomic mass is 32.2. The van der Waals surface area contributed by atoms with Crippen LogP contribution in [0.4, 0.5) is 0 Å². The Bertz CT molecular complexity index is 947. The van der Waals surface area contributed by atoms with Crippen molar-refractivity contribution >= 4 is 28.6 Å². The number of esters is 1. The van der Waals surface area contributed by atoms with Crippen LogP contribution >= 0.6 is 11.8 Å². The molecular weight excluding hydrogens is 344 g/mol. The second-order valence-corrected chi connectivity index (χ2v) is 6.34. The predicted octanol–water partition coefficient (Wildman–Crippen LogP) is 1.83. The summed E-state index contributed by atoms with van der Waals surface area (Å²) in [6.07, 6.45) is 0. The fourth-order valence-electron chi connectivity index (χ4n) is 2.23. The number of thioether (sulfide) groups is 1. The zero-order valence-electron chi connectivity index (χ0n) is 13.8. The number of fused-ring (bicyclic) bond motifs is 1. The summed E-state index contributed by atoms with van der Waals surface area (Å²) in [5, 5.41) is 12.0. The molecule has 0 unspecified atom stereocenters. The molecule has 0 radical (unpaired) electrons. The normalized spacial score (nSPS) is 11.0. The molecule has 8 nitrogen and oxygen atoms in total. The Hall–Kier alpha value is -2.68. The monoisotopic (exact) mass is 360 g/mol. The summed E-state index contributed by atoms with van der Waals surface area (Å²) < 4.78 is 11.2. The topological polar surface area (TPSA) is 100 Å². The van der Waals surface area contributed by atoms with Crippen molar-refractivity contribution in [3.8, 4) is 0 Å². The molecule has 25 heavy (non-hydrogen) atoms. The van der Waals surface area contributed by atoms with E-state index in [1.54, 1.807) is 24.3 Å². The molecule has 3 aromatic rings. The van der Waals surface area contributed by atoms with E-state index in [2.05, 4.69) is 15.5 Å². The molecule has 0 aliphatic carbocycles. The largest absolute Gasteiger partial charge is 0.442 e. The minimum absolute atomic E-state index is 0.153. The standard InChI is InChI=1S/C16H16N4O4S/c1-10-13(11(2)24-18-10)7-25-8-15(21)23-9-20-16(22)12-5-3-4-6-14(12)17-19-20/h3-6H,7-9H2,1-2H3. The maximum absolute atomic E-state index is 12.2. The van der Waals surface area contributed by atoms with Crippen LogP contribution in [0.3, 0.4) is 0 Å². The lowest BCUT2D eigenvalue weighted by Crippen LogP contribution is -2.26. The smallest absolute Gasteiger partial charge is 0.317 e. The molecule has 0 saturated heterocycles. The van der Waals surface area contributed by atoms with Gasteiger partial charge in [0.2, 0.25) is 0 Å². The van der Waals surface area contributed by atoms with E-state index in [9.17, 15) is 9.59 Å². The number of ether oxygens (including phenoxy) is 1. The summed E-state index contributed by atoms with van der Waals surface area (Å²) in [6, 6.07) is 6.87. The molecule has 3 rings (SSSR count). The highest BCUT2D eigenvalue weighted by Crippen LogP contribution is 2.19. The minimum atomic E-state index is -0.432. The van der Waals surface area contributed by atoms with Gasteiger partial charge in [0, 0.05) is 11.3 Å². The fraction of sp³-hybridized carbons (Fsp3) is 0.312. The lowest BCUT2D eigenvalue weighted by atomic mass is 10.2. The van der Waals surface area contributed by atoms with Gasteiger partial charge in [0.1, 0.15) is 11.3 Å². The van der Waals surface area contributed by atoms with E-state index >= 15 is 0 Å². The second kappa shape index (κ2) is 7.47. The molecule has 0 N–H and O–H groups in total. The van der Waals surface area contributed by atoms with Crippen molar-refractivity contribution in [2.75, 3.05) is 5.75 Å². The molecule has 0 saturated carbocycles. The molecule has 0 bridgehead atoms. The summed E-state index contributed by atoms with van der Waals surface area (Å²) in [5.41, 5.74) is 1.96. The Morgan fingerprint density at radius 2 is 2.12 bits per heavy atom. The summed E-state index contributed by atoms with van der Waals surface area (Å²) in [6.45, 7) is 3.43. The number of aromatic nitrogens is 4. The van der Waals surface area contributed by atoms with Gasteiger partial charge in [-0.15, -0.1) is 16.9 Å². The average molecular weight is 360 g/mol. The van der Waals surface area contributed by atoms with Crippen LogP contribution in [-0.2, 0) is 22.0 Å². The SMILES string of the molecule is Cc1noc(C)c1CSCC(=O)OCn1nnc2ccccc2c1=O. The lowest BCUT2D eigenvalue weighted by molar-refractivity contribution is -0.144. The van der Waals surface area contributed by atoms with Crippen LogP contribution in [0.15, 0.2) is 33.6 Å². The highest BCUT2D eigenvalue weighted by Gasteiger charge is 2.11. The van der Waals surface area contributed by atoms with Crippen LogP contribution in [-0.4, -0.2) is 31.9 Å². The summed E-state index contributed by atoms with van der Waals surface area (Å²) in [4.78, 5) is 24.1. The molecular formula is C16H16N4O4S. The van der Waals surface area contributed by atoms with Gasteiger partial charge in [0.15, 0.2) is 6.73 Å². The molecule has 2 aromatic heterocycles. The van der Waals surface area contributed by atoms with E-state index in [1.165, 1.54) is 11.8 Å². The predicted molar refractivity (Wildman–Crippen MR) is 92.0 cm³/mol. The van der Waals surface area contributed by atoms with Gasteiger partial charge in [-0.05, 0) is 26.0 Å². The third kappa shape index (κ3) is 3.87. The van der Waals surface area contributed by atoms with Crippen LogP contribution < -0.4 is 5.56 Å². The number of carbonyl (C=O) groups excluding carboxylic acids is 1. The minimum Gasteiger partial charge on any atom is -0.442 e. The molecule has 9 heteroatoms. The van der Waals surface area contributed by atoms with E-state index < -0.39 is 5.97 Å². The number of aryl methyl sites for hydroxylation is 2. The maximum Gasteiger partial charge on any atom is 0.317 e. The third-order valence-electron chi connectivity index (χ3n) is 3.62. The van der Waals surface area contributed by atoms with Gasteiger partial charge in [0.25, 0.3) is 5.56 Å². The fourth-order valence-corrected chi connectivity index (χ4v) is 3.20. The van der Waals surface area contributed by atoms with Crippen molar-refractivity contribution in [2.45, 2.75) is 26.3 Å². The molecule has 0 aliphatic heterocycles. The van der Waals surface area contributed by atoms with Crippen LogP contribution in [0.25, 0.3) is 10.9 Å². The Labute approximate surface area is 147 Å². The van der Waals surface area contributed by atoms with E-state index in [1.807, 2.05) is 13.8 Å². The Morgan fingerprint density at radius 3 is 2.88 bits per heavy atom. The first-order valence-electron chi connectivity index (χ1n) is 7.54. The first-order valence-corrected chi connectivity index (χ1v) is 8.69. The van der Waals surface area contributed by atoms with Gasteiger partial charge < -0.3 is 9.26 Å². The second-order valence-electron chi connectivity index (χ2n) is 5.35. The highest BCUT2D eigenvalue weighted by molar-refractivity contribution is 7.99.